The zero-order valence-electron chi connectivity index (χ0n) is 11.6. The summed E-state index contributed by atoms with van der Waals surface area (Å²) in [7, 11) is 3.01. The second-order valence-corrected chi connectivity index (χ2v) is 5.16. The first-order chi connectivity index (χ1) is 9.01. The summed E-state index contributed by atoms with van der Waals surface area (Å²) in [6.45, 7) is 0.273. The second kappa shape index (κ2) is 7.45. The first-order valence-electron chi connectivity index (χ1n) is 6.55. The molecule has 1 aliphatic carbocycles. The third-order valence-electron chi connectivity index (χ3n) is 3.72. The molecule has 0 heterocycles. The quantitative estimate of drug-likeness (QED) is 0.648. The third kappa shape index (κ3) is 5.16. The molecule has 19 heavy (non-hydrogen) atoms. The van der Waals surface area contributed by atoms with Crippen LogP contribution < -0.4 is 5.32 Å². The monoisotopic (exact) mass is 273 g/mol. The van der Waals surface area contributed by atoms with Crippen molar-refractivity contribution in [2.75, 3.05) is 20.8 Å². The number of rotatable bonds is 8. The van der Waals surface area contributed by atoms with E-state index < -0.39 is 12.3 Å². The Balaban J connectivity index is 2.46. The second-order valence-electron chi connectivity index (χ2n) is 5.16. The Kier molecular flexibility index (Phi) is 6.24. The van der Waals surface area contributed by atoms with Crippen LogP contribution in [0.5, 0.6) is 0 Å². The van der Waals surface area contributed by atoms with Gasteiger partial charge in [0.15, 0.2) is 6.29 Å². The van der Waals surface area contributed by atoms with Crippen LogP contribution in [0, 0.1) is 5.41 Å². The van der Waals surface area contributed by atoms with Crippen LogP contribution in [-0.2, 0) is 19.1 Å². The predicted molar refractivity (Wildman–Crippen MR) is 68.6 cm³/mol. The molecule has 6 nitrogen and oxygen atoms in total. The fourth-order valence-electron chi connectivity index (χ4n) is 2.73. The van der Waals surface area contributed by atoms with Crippen molar-refractivity contribution in [3.05, 3.63) is 0 Å². The topological polar surface area (TPSA) is 84.9 Å². The molecule has 2 N–H and O–H groups in total. The lowest BCUT2D eigenvalue weighted by atomic mass is 9.79. The van der Waals surface area contributed by atoms with E-state index in [9.17, 15) is 9.59 Å². The van der Waals surface area contributed by atoms with E-state index in [-0.39, 0.29) is 30.7 Å². The van der Waals surface area contributed by atoms with Gasteiger partial charge in [0.1, 0.15) is 0 Å². The van der Waals surface area contributed by atoms with E-state index >= 15 is 0 Å². The highest BCUT2D eigenvalue weighted by Gasteiger charge is 2.37. The highest BCUT2D eigenvalue weighted by Crippen LogP contribution is 2.43. The van der Waals surface area contributed by atoms with Crippen LogP contribution in [0.25, 0.3) is 0 Å². The molecule has 1 fully saturated rings. The molecule has 1 saturated carbocycles. The standard InChI is InChI=1S/C13H23NO5/c1-18-12(19-2)9-14-10(15)7-13(8-11(16)17)5-3-4-6-13/h12H,3-9H2,1-2H3,(H,14,15)(H,16,17). The molecule has 0 atom stereocenters. The molecular formula is C13H23NO5. The number of methoxy groups -OCH3 is 2. The molecule has 6 heteroatoms. The summed E-state index contributed by atoms with van der Waals surface area (Å²) >= 11 is 0. The highest BCUT2D eigenvalue weighted by molar-refractivity contribution is 5.78. The number of nitrogens with one attached hydrogen (secondary N) is 1. The molecule has 0 spiro atoms. The van der Waals surface area contributed by atoms with Gasteiger partial charge in [0.2, 0.25) is 5.91 Å². The maximum absolute atomic E-state index is 11.9. The lowest BCUT2D eigenvalue weighted by molar-refractivity contribution is -0.140. The van der Waals surface area contributed by atoms with E-state index in [0.717, 1.165) is 25.7 Å². The molecule has 0 aromatic carbocycles. The average Bonchev–Trinajstić information content (AvgIpc) is 2.77. The van der Waals surface area contributed by atoms with Crippen molar-refractivity contribution < 1.29 is 24.2 Å². The maximum atomic E-state index is 11.9. The number of ether oxygens (including phenoxy) is 2. The van der Waals surface area contributed by atoms with Crippen LogP contribution in [0.4, 0.5) is 0 Å². The number of aliphatic carboxylic acids is 1. The van der Waals surface area contributed by atoms with Crippen molar-refractivity contribution in [1.29, 1.82) is 0 Å². The highest BCUT2D eigenvalue weighted by atomic mass is 16.7. The average molecular weight is 273 g/mol. The van der Waals surface area contributed by atoms with E-state index in [0.29, 0.717) is 0 Å². The Labute approximate surface area is 113 Å². The van der Waals surface area contributed by atoms with E-state index in [1.54, 1.807) is 0 Å². The molecule has 1 aliphatic rings. The number of carboxylic acid groups (broad SMARTS) is 1. The van der Waals surface area contributed by atoms with Crippen molar-refractivity contribution in [1.82, 2.24) is 5.32 Å². The Morgan fingerprint density at radius 1 is 1.21 bits per heavy atom. The van der Waals surface area contributed by atoms with E-state index in [1.807, 2.05) is 0 Å². The third-order valence-corrected chi connectivity index (χ3v) is 3.72. The molecule has 0 aromatic heterocycles. The maximum Gasteiger partial charge on any atom is 0.303 e. The summed E-state index contributed by atoms with van der Waals surface area (Å²) in [6.07, 6.45) is 3.48. The molecule has 0 aromatic rings. The summed E-state index contributed by atoms with van der Waals surface area (Å²) < 4.78 is 9.96. The fourth-order valence-corrected chi connectivity index (χ4v) is 2.73. The van der Waals surface area contributed by atoms with Gasteiger partial charge in [-0.25, -0.2) is 0 Å². The number of carboxylic acids is 1. The normalized spacial score (nSPS) is 17.6. The van der Waals surface area contributed by atoms with Crippen LogP contribution in [-0.4, -0.2) is 44.0 Å². The van der Waals surface area contributed by atoms with Gasteiger partial charge in [-0.3, -0.25) is 9.59 Å². The molecule has 1 rings (SSSR count). The SMILES string of the molecule is COC(CNC(=O)CC1(CC(=O)O)CCCC1)OC. The number of hydrogen-bond donors (Lipinski definition) is 2. The molecular weight excluding hydrogens is 250 g/mol. The van der Waals surface area contributed by atoms with Crippen molar-refractivity contribution in [2.24, 2.45) is 5.41 Å². The molecule has 0 radical (unpaired) electrons. The smallest absolute Gasteiger partial charge is 0.303 e. The van der Waals surface area contributed by atoms with Gasteiger partial charge in [-0.2, -0.15) is 0 Å². The zero-order chi connectivity index (χ0) is 14.3. The molecule has 0 aliphatic heterocycles. The first kappa shape index (κ1) is 15.9. The van der Waals surface area contributed by atoms with Gasteiger partial charge >= 0.3 is 5.97 Å². The molecule has 0 saturated heterocycles. The number of carbonyl (C=O) groups excluding carboxylic acids is 1. The van der Waals surface area contributed by atoms with Crippen LogP contribution >= 0.6 is 0 Å². The summed E-state index contributed by atoms with van der Waals surface area (Å²) in [4.78, 5) is 22.8. The van der Waals surface area contributed by atoms with E-state index in [1.165, 1.54) is 14.2 Å². The van der Waals surface area contributed by atoms with Crippen LogP contribution in [0.15, 0.2) is 0 Å². The minimum Gasteiger partial charge on any atom is -0.481 e. The zero-order valence-corrected chi connectivity index (χ0v) is 11.6. The first-order valence-corrected chi connectivity index (χ1v) is 6.55. The van der Waals surface area contributed by atoms with Gasteiger partial charge in [0.05, 0.1) is 13.0 Å². The van der Waals surface area contributed by atoms with Gasteiger partial charge in [-0.15, -0.1) is 0 Å². The van der Waals surface area contributed by atoms with Crippen molar-refractivity contribution in [2.45, 2.75) is 44.8 Å². The molecule has 1 amide bonds. The fraction of sp³-hybridized carbons (Fsp3) is 0.846. The Morgan fingerprint density at radius 3 is 2.26 bits per heavy atom. The lowest BCUT2D eigenvalue weighted by Gasteiger charge is -2.26. The van der Waals surface area contributed by atoms with Crippen molar-refractivity contribution in [3.8, 4) is 0 Å². The minimum atomic E-state index is -0.832. The number of amides is 1. The van der Waals surface area contributed by atoms with Gasteiger partial charge < -0.3 is 19.9 Å². The van der Waals surface area contributed by atoms with E-state index in [4.69, 9.17) is 14.6 Å². The number of hydrogen-bond acceptors (Lipinski definition) is 4. The van der Waals surface area contributed by atoms with Gasteiger partial charge in [0, 0.05) is 20.6 Å². The molecule has 0 bridgehead atoms. The van der Waals surface area contributed by atoms with Crippen LogP contribution in [0.3, 0.4) is 0 Å². The van der Waals surface area contributed by atoms with Gasteiger partial charge in [0.25, 0.3) is 0 Å². The Hall–Kier alpha value is -1.14. The minimum absolute atomic E-state index is 0.0679. The van der Waals surface area contributed by atoms with Crippen LogP contribution in [0.1, 0.15) is 38.5 Å². The number of carbonyl (C=O) groups is 2. The largest absolute Gasteiger partial charge is 0.481 e. The Bertz CT molecular complexity index is 308. The Morgan fingerprint density at radius 2 is 1.79 bits per heavy atom. The van der Waals surface area contributed by atoms with Crippen molar-refractivity contribution >= 4 is 11.9 Å². The van der Waals surface area contributed by atoms with Crippen molar-refractivity contribution in [3.63, 3.8) is 0 Å². The van der Waals surface area contributed by atoms with Gasteiger partial charge in [-0.1, -0.05) is 12.8 Å². The lowest BCUT2D eigenvalue weighted by Crippen LogP contribution is -2.37. The summed E-state index contributed by atoms with van der Waals surface area (Å²) in [5, 5.41) is 11.7. The van der Waals surface area contributed by atoms with Gasteiger partial charge in [-0.05, 0) is 18.3 Å². The predicted octanol–water partition coefficient (Wildman–Crippen LogP) is 1.15. The molecule has 0 unspecified atom stereocenters. The summed E-state index contributed by atoms with van der Waals surface area (Å²) in [5.41, 5.74) is -0.369. The summed E-state index contributed by atoms with van der Waals surface area (Å²) in [6, 6.07) is 0. The van der Waals surface area contributed by atoms with Crippen LogP contribution in [0.2, 0.25) is 0 Å². The summed E-state index contributed by atoms with van der Waals surface area (Å²) in [5.74, 6) is -0.969. The van der Waals surface area contributed by atoms with E-state index in [2.05, 4.69) is 5.32 Å². The molecule has 110 valence electrons.